The molecule has 90 valence electrons. The fourth-order valence-electron chi connectivity index (χ4n) is 1.15. The maximum absolute atomic E-state index is 7.03. The van der Waals surface area contributed by atoms with Gasteiger partial charge in [0.15, 0.2) is 5.96 Å². The van der Waals surface area contributed by atoms with Gasteiger partial charge in [0, 0.05) is 12.6 Å². The molecule has 15 heavy (non-hydrogen) atoms. The molecule has 0 aliphatic carbocycles. The van der Waals surface area contributed by atoms with E-state index in [1.54, 1.807) is 0 Å². The predicted octanol–water partition coefficient (Wildman–Crippen LogP) is 0.983. The van der Waals surface area contributed by atoms with Crippen molar-refractivity contribution in [2.75, 3.05) is 6.54 Å². The van der Waals surface area contributed by atoms with Crippen molar-refractivity contribution >= 4 is 24.3 Å². The molecule has 5 nitrogen and oxygen atoms in total. The molecular weight excluding hydrogens is 214 g/mol. The lowest BCUT2D eigenvalue weighted by atomic mass is 10.2. The van der Waals surface area contributed by atoms with Gasteiger partial charge in [-0.05, 0) is 19.8 Å². The van der Waals surface area contributed by atoms with E-state index in [-0.39, 0.29) is 24.4 Å². The third-order valence-electron chi connectivity index (χ3n) is 1.71. The van der Waals surface area contributed by atoms with Gasteiger partial charge in [-0.3, -0.25) is 5.41 Å². The molecule has 0 aliphatic rings. The summed E-state index contributed by atoms with van der Waals surface area (Å²) in [5, 5.41) is 7.03. The summed E-state index contributed by atoms with van der Waals surface area (Å²) in [4.78, 5) is 5.67. The van der Waals surface area contributed by atoms with Crippen LogP contribution in [0, 0.1) is 11.3 Å². The van der Waals surface area contributed by atoms with Gasteiger partial charge in [-0.2, -0.15) is 4.99 Å². The van der Waals surface area contributed by atoms with Gasteiger partial charge in [-0.1, -0.05) is 13.8 Å². The van der Waals surface area contributed by atoms with Crippen LogP contribution in [0.4, 0.5) is 0 Å². The first-order chi connectivity index (χ1) is 6.34. The molecular formula is C9H22ClN5. The summed E-state index contributed by atoms with van der Waals surface area (Å²) in [5.41, 5.74) is 10.9. The highest BCUT2D eigenvalue weighted by Crippen LogP contribution is 2.03. The van der Waals surface area contributed by atoms with E-state index >= 15 is 0 Å². The number of aliphatic imine (C=N–C) groups is 1. The van der Waals surface area contributed by atoms with Crippen molar-refractivity contribution in [3.63, 3.8) is 0 Å². The second kappa shape index (κ2) is 7.34. The second-order valence-corrected chi connectivity index (χ2v) is 4.00. The Kier molecular flexibility index (Phi) is 8.05. The van der Waals surface area contributed by atoms with Gasteiger partial charge in [-0.15, -0.1) is 12.4 Å². The number of nitrogens with two attached hydrogens (primary N) is 2. The standard InChI is InChI=1S/C9H21N5.ClH/c1-6(2)5-14(7(3)4)9(12)13-8(10)11;/h6-7H,5H2,1-4H3,(H5,10,11,12,13);1H. The SMILES string of the molecule is CC(C)CN(/C(N)=N/C(=N)N)C(C)C.Cl. The van der Waals surface area contributed by atoms with Crippen molar-refractivity contribution in [1.82, 2.24) is 4.90 Å². The lowest BCUT2D eigenvalue weighted by molar-refractivity contribution is 0.308. The largest absolute Gasteiger partial charge is 0.369 e. The van der Waals surface area contributed by atoms with Gasteiger partial charge in [0.25, 0.3) is 0 Å². The van der Waals surface area contributed by atoms with Crippen LogP contribution in [0.5, 0.6) is 0 Å². The van der Waals surface area contributed by atoms with Gasteiger partial charge >= 0.3 is 0 Å². The molecule has 0 bridgehead atoms. The topological polar surface area (TPSA) is 91.5 Å². The van der Waals surface area contributed by atoms with E-state index in [0.717, 1.165) is 6.54 Å². The molecule has 0 aromatic carbocycles. The summed E-state index contributed by atoms with van der Waals surface area (Å²) in [5.74, 6) is 0.566. The van der Waals surface area contributed by atoms with Crippen LogP contribution in [-0.4, -0.2) is 29.4 Å². The third-order valence-corrected chi connectivity index (χ3v) is 1.71. The molecule has 0 atom stereocenters. The normalized spacial score (nSPS) is 11.5. The molecule has 0 aromatic heterocycles. The van der Waals surface area contributed by atoms with Crippen molar-refractivity contribution in [3.8, 4) is 0 Å². The van der Waals surface area contributed by atoms with Crippen molar-refractivity contribution in [1.29, 1.82) is 5.41 Å². The Bertz CT molecular complexity index is 225. The van der Waals surface area contributed by atoms with E-state index in [1.807, 2.05) is 18.7 Å². The minimum atomic E-state index is -0.253. The molecule has 0 saturated heterocycles. The summed E-state index contributed by atoms with van der Waals surface area (Å²) >= 11 is 0. The highest BCUT2D eigenvalue weighted by atomic mass is 35.5. The van der Waals surface area contributed by atoms with E-state index in [9.17, 15) is 0 Å². The highest BCUT2D eigenvalue weighted by molar-refractivity contribution is 5.91. The first-order valence-corrected chi connectivity index (χ1v) is 4.79. The zero-order valence-corrected chi connectivity index (χ0v) is 10.6. The van der Waals surface area contributed by atoms with Gasteiger partial charge < -0.3 is 16.4 Å². The molecule has 0 radical (unpaired) electrons. The maximum atomic E-state index is 7.03. The third kappa shape index (κ3) is 7.02. The molecule has 0 amide bonds. The van der Waals surface area contributed by atoms with Crippen LogP contribution in [0.25, 0.3) is 0 Å². The fraction of sp³-hybridized carbons (Fsp3) is 0.778. The summed E-state index contributed by atoms with van der Waals surface area (Å²) in [6.45, 7) is 9.10. The quantitative estimate of drug-likeness (QED) is 0.503. The Morgan fingerprint density at radius 1 is 1.27 bits per heavy atom. The molecule has 0 unspecified atom stereocenters. The van der Waals surface area contributed by atoms with Crippen LogP contribution in [0.15, 0.2) is 4.99 Å². The van der Waals surface area contributed by atoms with Crippen LogP contribution in [0.1, 0.15) is 27.7 Å². The molecule has 0 spiro atoms. The summed E-state index contributed by atoms with van der Waals surface area (Å²) in [6, 6.07) is 0.264. The Morgan fingerprint density at radius 2 is 1.73 bits per heavy atom. The molecule has 6 heteroatoms. The summed E-state index contributed by atoms with van der Waals surface area (Å²) in [7, 11) is 0. The zero-order valence-electron chi connectivity index (χ0n) is 9.82. The number of halogens is 1. The van der Waals surface area contributed by atoms with Gasteiger partial charge in [0.2, 0.25) is 5.96 Å². The molecule has 0 heterocycles. The van der Waals surface area contributed by atoms with Crippen LogP contribution in [-0.2, 0) is 0 Å². The molecule has 0 aromatic rings. The lowest BCUT2D eigenvalue weighted by Gasteiger charge is -2.29. The minimum absolute atomic E-state index is 0. The van der Waals surface area contributed by atoms with Crippen LogP contribution >= 0.6 is 12.4 Å². The zero-order chi connectivity index (χ0) is 11.3. The first-order valence-electron chi connectivity index (χ1n) is 4.79. The maximum Gasteiger partial charge on any atom is 0.215 e. The average molecular weight is 236 g/mol. The molecule has 5 N–H and O–H groups in total. The Morgan fingerprint density at radius 3 is 2.00 bits per heavy atom. The van der Waals surface area contributed by atoms with Crippen molar-refractivity contribution in [3.05, 3.63) is 0 Å². The number of hydrogen-bond donors (Lipinski definition) is 3. The smallest absolute Gasteiger partial charge is 0.215 e. The lowest BCUT2D eigenvalue weighted by Crippen LogP contribution is -2.44. The monoisotopic (exact) mass is 235 g/mol. The minimum Gasteiger partial charge on any atom is -0.369 e. The number of hydrogen-bond acceptors (Lipinski definition) is 1. The van der Waals surface area contributed by atoms with Crippen LogP contribution < -0.4 is 11.5 Å². The van der Waals surface area contributed by atoms with E-state index in [0.29, 0.717) is 11.9 Å². The van der Waals surface area contributed by atoms with Gasteiger partial charge in [0.05, 0.1) is 0 Å². The van der Waals surface area contributed by atoms with E-state index < -0.39 is 0 Å². The Balaban J connectivity index is 0. The van der Waals surface area contributed by atoms with E-state index in [1.165, 1.54) is 0 Å². The van der Waals surface area contributed by atoms with E-state index in [2.05, 4.69) is 18.8 Å². The van der Waals surface area contributed by atoms with Crippen LogP contribution in [0.3, 0.4) is 0 Å². The summed E-state index contributed by atoms with van der Waals surface area (Å²) in [6.07, 6.45) is 0. The van der Waals surface area contributed by atoms with Crippen molar-refractivity contribution < 1.29 is 0 Å². The molecule has 0 fully saturated rings. The number of guanidine groups is 2. The van der Waals surface area contributed by atoms with Crippen LogP contribution in [0.2, 0.25) is 0 Å². The van der Waals surface area contributed by atoms with Crippen molar-refractivity contribution in [2.24, 2.45) is 22.4 Å². The summed E-state index contributed by atoms with van der Waals surface area (Å²) < 4.78 is 0. The Hall–Kier alpha value is -0.970. The molecule has 0 aliphatic heterocycles. The second-order valence-electron chi connectivity index (χ2n) is 4.00. The number of nitrogens with one attached hydrogen (secondary N) is 1. The molecule has 0 rings (SSSR count). The van der Waals surface area contributed by atoms with Gasteiger partial charge in [0.1, 0.15) is 0 Å². The van der Waals surface area contributed by atoms with E-state index in [4.69, 9.17) is 16.9 Å². The fourth-order valence-corrected chi connectivity index (χ4v) is 1.15. The average Bonchev–Trinajstić information content (AvgIpc) is 1.97. The Labute approximate surface area is 97.8 Å². The van der Waals surface area contributed by atoms with Crippen molar-refractivity contribution in [2.45, 2.75) is 33.7 Å². The predicted molar refractivity (Wildman–Crippen MR) is 67.5 cm³/mol. The number of rotatable bonds is 3. The highest BCUT2D eigenvalue weighted by Gasteiger charge is 2.13. The van der Waals surface area contributed by atoms with Gasteiger partial charge in [-0.25, -0.2) is 0 Å². The number of nitrogens with zero attached hydrogens (tertiary/aromatic N) is 2. The molecule has 0 saturated carbocycles. The first kappa shape index (κ1) is 16.5.